The first-order chi connectivity index (χ1) is 14.2. The predicted octanol–water partition coefficient (Wildman–Crippen LogP) is 4.10. The fraction of sp³-hybridized carbons (Fsp3) is 0.417. The monoisotopic (exact) mass is 393 g/mol. The molecule has 2 aromatic carbocycles. The Morgan fingerprint density at radius 1 is 0.897 bits per heavy atom. The van der Waals surface area contributed by atoms with Crippen LogP contribution < -0.4 is 10.2 Å². The highest BCUT2D eigenvalue weighted by Gasteiger charge is 2.20. The number of rotatable bonds is 8. The van der Waals surface area contributed by atoms with Crippen molar-refractivity contribution in [3.8, 4) is 0 Å². The van der Waals surface area contributed by atoms with Gasteiger partial charge >= 0.3 is 0 Å². The third-order valence-corrected chi connectivity index (χ3v) is 5.38. The third kappa shape index (κ3) is 6.34. The topological polar surface area (TPSA) is 52.7 Å². The summed E-state index contributed by atoms with van der Waals surface area (Å²) in [4.78, 5) is 28.6. The van der Waals surface area contributed by atoms with Crippen molar-refractivity contribution in [3.05, 3.63) is 60.2 Å². The van der Waals surface area contributed by atoms with E-state index >= 15 is 0 Å². The molecule has 0 atom stereocenters. The Bertz CT molecular complexity index is 782. The van der Waals surface area contributed by atoms with Crippen LogP contribution in [-0.2, 0) is 16.0 Å². The number of unbranched alkanes of at least 4 members (excludes halogenated alkanes) is 1. The fourth-order valence-corrected chi connectivity index (χ4v) is 3.58. The molecule has 0 aliphatic carbocycles. The van der Waals surface area contributed by atoms with Crippen LogP contribution in [0.3, 0.4) is 0 Å². The van der Waals surface area contributed by atoms with Crippen molar-refractivity contribution in [2.45, 2.75) is 39.0 Å². The number of hydrogen-bond acceptors (Lipinski definition) is 3. The summed E-state index contributed by atoms with van der Waals surface area (Å²) in [5.74, 6) is 0.306. The molecule has 5 heteroatoms. The molecule has 154 valence electrons. The smallest absolute Gasteiger partial charge is 0.224 e. The zero-order valence-electron chi connectivity index (χ0n) is 17.3. The van der Waals surface area contributed by atoms with E-state index in [4.69, 9.17) is 0 Å². The first kappa shape index (κ1) is 20.9. The van der Waals surface area contributed by atoms with Gasteiger partial charge in [-0.1, -0.05) is 43.7 Å². The molecular formula is C24H31N3O2. The average molecular weight is 394 g/mol. The molecule has 5 nitrogen and oxygen atoms in total. The minimum absolute atomic E-state index is 0.0285. The van der Waals surface area contributed by atoms with Crippen LogP contribution in [0.5, 0.6) is 0 Å². The minimum atomic E-state index is 0.0285. The van der Waals surface area contributed by atoms with Crippen molar-refractivity contribution in [1.29, 1.82) is 0 Å². The quantitative estimate of drug-likeness (QED) is 0.735. The van der Waals surface area contributed by atoms with Gasteiger partial charge in [0.05, 0.1) is 0 Å². The molecule has 1 fully saturated rings. The lowest BCUT2D eigenvalue weighted by molar-refractivity contribution is -0.131. The van der Waals surface area contributed by atoms with E-state index in [1.54, 1.807) is 0 Å². The van der Waals surface area contributed by atoms with Gasteiger partial charge in [0.25, 0.3) is 0 Å². The van der Waals surface area contributed by atoms with Gasteiger partial charge in [-0.25, -0.2) is 0 Å². The van der Waals surface area contributed by atoms with Gasteiger partial charge < -0.3 is 15.1 Å². The molecule has 29 heavy (non-hydrogen) atoms. The van der Waals surface area contributed by atoms with Gasteiger partial charge in [0.2, 0.25) is 11.8 Å². The number of nitrogens with zero attached hydrogens (tertiary/aromatic N) is 2. The molecule has 1 N–H and O–H groups in total. The van der Waals surface area contributed by atoms with E-state index in [-0.39, 0.29) is 11.8 Å². The number of nitrogens with one attached hydrogen (secondary N) is 1. The van der Waals surface area contributed by atoms with Crippen LogP contribution in [0.4, 0.5) is 11.4 Å². The van der Waals surface area contributed by atoms with Gasteiger partial charge in [-0.2, -0.15) is 0 Å². The second-order valence-corrected chi connectivity index (χ2v) is 7.55. The molecule has 0 spiro atoms. The molecule has 2 aromatic rings. The summed E-state index contributed by atoms with van der Waals surface area (Å²) in [5.41, 5.74) is 3.12. The molecule has 0 bridgehead atoms. The number of hydrogen-bond donors (Lipinski definition) is 1. The average Bonchev–Trinajstić information content (AvgIpc) is 2.77. The summed E-state index contributed by atoms with van der Waals surface area (Å²) in [6.07, 6.45) is 3.90. The molecule has 0 unspecified atom stereocenters. The Hall–Kier alpha value is -2.82. The summed E-state index contributed by atoms with van der Waals surface area (Å²) in [5, 5.41) is 2.97. The largest absolute Gasteiger partial charge is 0.368 e. The number of carbonyl (C=O) groups excluding carboxylic acids is 2. The van der Waals surface area contributed by atoms with Crippen molar-refractivity contribution >= 4 is 23.2 Å². The number of anilines is 2. The zero-order chi connectivity index (χ0) is 20.5. The molecule has 3 rings (SSSR count). The molecule has 1 aliphatic rings. The number of benzene rings is 2. The van der Waals surface area contributed by atoms with E-state index in [0.29, 0.717) is 12.8 Å². The van der Waals surface area contributed by atoms with Gasteiger partial charge in [0.15, 0.2) is 0 Å². The molecule has 1 saturated heterocycles. The number of amides is 2. The second kappa shape index (κ2) is 10.6. The Morgan fingerprint density at radius 3 is 2.24 bits per heavy atom. The predicted molar refractivity (Wildman–Crippen MR) is 118 cm³/mol. The first-order valence-electron chi connectivity index (χ1n) is 10.6. The van der Waals surface area contributed by atoms with E-state index in [9.17, 15) is 9.59 Å². The van der Waals surface area contributed by atoms with Crippen molar-refractivity contribution in [2.24, 2.45) is 0 Å². The molecule has 2 amide bonds. The summed E-state index contributed by atoms with van der Waals surface area (Å²) in [6.45, 7) is 5.36. The Morgan fingerprint density at radius 2 is 1.59 bits per heavy atom. The van der Waals surface area contributed by atoms with Gasteiger partial charge in [0.1, 0.15) is 0 Å². The van der Waals surface area contributed by atoms with Gasteiger partial charge in [0, 0.05) is 50.4 Å². The van der Waals surface area contributed by atoms with Crippen LogP contribution in [0.15, 0.2) is 54.6 Å². The van der Waals surface area contributed by atoms with Gasteiger partial charge in [-0.3, -0.25) is 9.59 Å². The molecule has 0 radical (unpaired) electrons. The Kier molecular flexibility index (Phi) is 7.68. The summed E-state index contributed by atoms with van der Waals surface area (Å²) in [6, 6.07) is 18.0. The van der Waals surface area contributed by atoms with Crippen LogP contribution in [0.2, 0.25) is 0 Å². The fourth-order valence-electron chi connectivity index (χ4n) is 3.58. The van der Waals surface area contributed by atoms with Crippen LogP contribution >= 0.6 is 0 Å². The lowest BCUT2D eigenvalue weighted by Crippen LogP contribution is -2.48. The van der Waals surface area contributed by atoms with Crippen molar-refractivity contribution in [3.63, 3.8) is 0 Å². The first-order valence-corrected chi connectivity index (χ1v) is 10.6. The highest BCUT2D eigenvalue weighted by molar-refractivity contribution is 5.91. The zero-order valence-corrected chi connectivity index (χ0v) is 17.3. The summed E-state index contributed by atoms with van der Waals surface area (Å²) in [7, 11) is 0. The van der Waals surface area contributed by atoms with Gasteiger partial charge in [-0.15, -0.1) is 0 Å². The Balaban J connectivity index is 1.44. The van der Waals surface area contributed by atoms with Crippen molar-refractivity contribution in [1.82, 2.24) is 4.90 Å². The lowest BCUT2D eigenvalue weighted by atomic mass is 10.1. The van der Waals surface area contributed by atoms with Crippen LogP contribution in [-0.4, -0.2) is 42.9 Å². The van der Waals surface area contributed by atoms with E-state index in [2.05, 4.69) is 17.1 Å². The number of carbonyl (C=O) groups is 2. The molecule has 0 aromatic heterocycles. The molecule has 1 aliphatic heterocycles. The highest BCUT2D eigenvalue weighted by atomic mass is 16.2. The SMILES string of the molecule is CCCCC(=O)N1CCN(c2ccc(NC(=O)CCc3ccccc3)cc2)CC1. The number of piperazine rings is 1. The van der Waals surface area contributed by atoms with Crippen LogP contribution in [0, 0.1) is 0 Å². The maximum absolute atomic E-state index is 12.2. The third-order valence-electron chi connectivity index (χ3n) is 5.38. The summed E-state index contributed by atoms with van der Waals surface area (Å²) >= 11 is 0. The van der Waals surface area contributed by atoms with E-state index in [1.165, 1.54) is 5.56 Å². The second-order valence-electron chi connectivity index (χ2n) is 7.55. The normalized spacial score (nSPS) is 14.0. The van der Waals surface area contributed by atoms with Crippen molar-refractivity contribution < 1.29 is 9.59 Å². The van der Waals surface area contributed by atoms with E-state index < -0.39 is 0 Å². The van der Waals surface area contributed by atoms with Crippen molar-refractivity contribution in [2.75, 3.05) is 36.4 Å². The standard InChI is InChI=1S/C24H31N3O2/c1-2-3-9-24(29)27-18-16-26(17-19-27)22-13-11-21(12-14-22)25-23(28)15-10-20-7-5-4-6-8-20/h4-8,11-14H,2-3,9-10,15-19H2,1H3,(H,25,28). The van der Waals surface area contributed by atoms with Gasteiger partial charge in [-0.05, 0) is 42.7 Å². The maximum Gasteiger partial charge on any atom is 0.224 e. The minimum Gasteiger partial charge on any atom is -0.368 e. The van der Waals surface area contributed by atoms with E-state index in [1.807, 2.05) is 59.5 Å². The van der Waals surface area contributed by atoms with Crippen LogP contribution in [0.25, 0.3) is 0 Å². The van der Waals surface area contributed by atoms with E-state index in [0.717, 1.165) is 56.8 Å². The summed E-state index contributed by atoms with van der Waals surface area (Å²) < 4.78 is 0. The maximum atomic E-state index is 12.2. The van der Waals surface area contributed by atoms with Crippen LogP contribution in [0.1, 0.15) is 38.2 Å². The molecule has 0 saturated carbocycles. The highest BCUT2D eigenvalue weighted by Crippen LogP contribution is 2.20. The molecular weight excluding hydrogens is 362 g/mol. The molecule has 1 heterocycles. The number of aryl methyl sites for hydroxylation is 1. The Labute approximate surface area is 173 Å². The lowest BCUT2D eigenvalue weighted by Gasteiger charge is -2.36.